The second-order valence-corrected chi connectivity index (χ2v) is 4.09. The van der Waals surface area contributed by atoms with Gasteiger partial charge in [0.25, 0.3) is 0 Å². The fraction of sp³-hybridized carbons (Fsp3) is 0.462. The van der Waals surface area contributed by atoms with Gasteiger partial charge < -0.3 is 9.47 Å². The molecule has 2 rings (SSSR count). The lowest BCUT2D eigenvalue weighted by Gasteiger charge is -2.15. The lowest BCUT2D eigenvalue weighted by molar-refractivity contribution is -0.155. The molecule has 0 N–H and O–H groups in total. The van der Waals surface area contributed by atoms with Crippen molar-refractivity contribution in [1.29, 1.82) is 0 Å². The molecule has 1 unspecified atom stereocenters. The van der Waals surface area contributed by atoms with Crippen molar-refractivity contribution in [2.24, 2.45) is 5.92 Å². The minimum atomic E-state index is -0.577. The highest BCUT2D eigenvalue weighted by molar-refractivity contribution is 5.76. The highest BCUT2D eigenvalue weighted by Crippen LogP contribution is 2.31. The number of carbonyl (C=O) groups excluding carboxylic acids is 1. The van der Waals surface area contributed by atoms with Crippen LogP contribution in [0.4, 0.5) is 0 Å². The summed E-state index contributed by atoms with van der Waals surface area (Å²) in [5.41, 5.74) is 0.856. The number of benzene rings is 1. The van der Waals surface area contributed by atoms with E-state index in [0.717, 1.165) is 5.56 Å². The number of rotatable bonds is 5. The first-order valence-electron chi connectivity index (χ1n) is 5.55. The summed E-state index contributed by atoms with van der Waals surface area (Å²) in [7, 11) is 1.39. The van der Waals surface area contributed by atoms with E-state index in [1.54, 1.807) is 0 Å². The number of ether oxygens (including phenoxy) is 2. The van der Waals surface area contributed by atoms with Crippen molar-refractivity contribution in [3.8, 4) is 0 Å². The average molecular weight is 220 g/mol. The van der Waals surface area contributed by atoms with Crippen molar-refractivity contribution in [2.75, 3.05) is 13.7 Å². The van der Waals surface area contributed by atoms with Crippen LogP contribution in [-0.4, -0.2) is 19.7 Å². The van der Waals surface area contributed by atoms with Gasteiger partial charge in [-0.05, 0) is 24.3 Å². The molecule has 1 aliphatic rings. The van der Waals surface area contributed by atoms with Gasteiger partial charge in [-0.2, -0.15) is 0 Å². The first-order chi connectivity index (χ1) is 7.81. The van der Waals surface area contributed by atoms with E-state index < -0.39 is 6.10 Å². The Hall–Kier alpha value is -1.35. The molecule has 1 aromatic rings. The van der Waals surface area contributed by atoms with Crippen LogP contribution in [0.3, 0.4) is 0 Å². The minimum absolute atomic E-state index is 0.327. The Morgan fingerprint density at radius 2 is 2.06 bits per heavy atom. The summed E-state index contributed by atoms with van der Waals surface area (Å²) < 4.78 is 10.4. The van der Waals surface area contributed by atoms with E-state index in [1.165, 1.54) is 20.0 Å². The molecule has 0 heterocycles. The van der Waals surface area contributed by atoms with Crippen molar-refractivity contribution >= 4 is 5.97 Å². The highest BCUT2D eigenvalue weighted by atomic mass is 16.6. The molecule has 1 saturated carbocycles. The van der Waals surface area contributed by atoms with Gasteiger partial charge in [-0.1, -0.05) is 30.3 Å². The largest absolute Gasteiger partial charge is 0.467 e. The molecule has 1 aromatic carbocycles. The average Bonchev–Trinajstić information content (AvgIpc) is 3.14. The van der Waals surface area contributed by atoms with Crippen LogP contribution in [0.1, 0.15) is 24.5 Å². The molecule has 1 atom stereocenters. The Balaban J connectivity index is 2.03. The molecule has 0 spiro atoms. The first-order valence-corrected chi connectivity index (χ1v) is 5.55. The molecule has 1 fully saturated rings. The molecule has 3 nitrogen and oxygen atoms in total. The zero-order chi connectivity index (χ0) is 11.4. The lowest BCUT2D eigenvalue weighted by atomic mass is 10.1. The van der Waals surface area contributed by atoms with Gasteiger partial charge in [0, 0.05) is 0 Å². The van der Waals surface area contributed by atoms with Crippen LogP contribution >= 0.6 is 0 Å². The predicted octanol–water partition coefficient (Wildman–Crippen LogP) is 2.33. The van der Waals surface area contributed by atoms with Crippen LogP contribution in [0.5, 0.6) is 0 Å². The molecule has 86 valence electrons. The molecule has 0 amide bonds. The van der Waals surface area contributed by atoms with Gasteiger partial charge in [0.2, 0.25) is 0 Å². The molecular weight excluding hydrogens is 204 g/mol. The Kier molecular flexibility index (Phi) is 3.57. The number of esters is 1. The summed E-state index contributed by atoms with van der Waals surface area (Å²) in [4.78, 5) is 11.6. The highest BCUT2D eigenvalue weighted by Gasteiger charge is 2.27. The molecule has 0 saturated heterocycles. The van der Waals surface area contributed by atoms with Gasteiger partial charge in [-0.3, -0.25) is 0 Å². The molecule has 0 aromatic heterocycles. The second-order valence-electron chi connectivity index (χ2n) is 4.09. The van der Waals surface area contributed by atoms with Crippen molar-refractivity contribution < 1.29 is 14.3 Å². The van der Waals surface area contributed by atoms with Gasteiger partial charge in [-0.15, -0.1) is 0 Å². The summed E-state index contributed by atoms with van der Waals surface area (Å²) >= 11 is 0. The summed E-state index contributed by atoms with van der Waals surface area (Å²) in [5.74, 6) is 0.308. The van der Waals surface area contributed by atoms with Crippen LogP contribution in [0.25, 0.3) is 0 Å². The number of hydrogen-bond acceptors (Lipinski definition) is 3. The maximum absolute atomic E-state index is 11.6. The van der Waals surface area contributed by atoms with E-state index >= 15 is 0 Å². The number of methoxy groups -OCH3 is 1. The normalized spacial score (nSPS) is 16.8. The Morgan fingerprint density at radius 1 is 1.38 bits per heavy atom. The first kappa shape index (κ1) is 11.1. The molecular formula is C13H16O3. The van der Waals surface area contributed by atoms with Crippen molar-refractivity contribution in [3.05, 3.63) is 35.9 Å². The zero-order valence-corrected chi connectivity index (χ0v) is 9.39. The topological polar surface area (TPSA) is 35.5 Å². The summed E-state index contributed by atoms with van der Waals surface area (Å²) in [5, 5.41) is 0. The number of hydrogen-bond donors (Lipinski definition) is 0. The summed E-state index contributed by atoms with van der Waals surface area (Å²) in [6.07, 6.45) is 1.84. The monoisotopic (exact) mass is 220 g/mol. The standard InChI is InChI=1S/C13H16O3/c1-15-13(14)12(16-9-10-7-8-10)11-5-3-2-4-6-11/h2-6,10,12H,7-9H2,1H3. The third kappa shape index (κ3) is 2.83. The second kappa shape index (κ2) is 5.12. The summed E-state index contributed by atoms with van der Waals surface area (Å²) in [6.45, 7) is 0.647. The van der Waals surface area contributed by atoms with Gasteiger partial charge >= 0.3 is 5.97 Å². The fourth-order valence-corrected chi connectivity index (χ4v) is 1.55. The fourth-order valence-electron chi connectivity index (χ4n) is 1.55. The van der Waals surface area contributed by atoms with Gasteiger partial charge in [0.1, 0.15) is 0 Å². The molecule has 1 aliphatic carbocycles. The van der Waals surface area contributed by atoms with Crippen LogP contribution < -0.4 is 0 Å². The van der Waals surface area contributed by atoms with E-state index in [4.69, 9.17) is 9.47 Å². The van der Waals surface area contributed by atoms with E-state index in [9.17, 15) is 4.79 Å². The molecule has 16 heavy (non-hydrogen) atoms. The SMILES string of the molecule is COC(=O)C(OCC1CC1)c1ccccc1. The van der Waals surface area contributed by atoms with E-state index in [1.807, 2.05) is 30.3 Å². The van der Waals surface area contributed by atoms with Crippen molar-refractivity contribution in [2.45, 2.75) is 18.9 Å². The lowest BCUT2D eigenvalue weighted by Crippen LogP contribution is -2.18. The predicted molar refractivity (Wildman–Crippen MR) is 59.9 cm³/mol. The quantitative estimate of drug-likeness (QED) is 0.714. The van der Waals surface area contributed by atoms with Crippen molar-refractivity contribution in [1.82, 2.24) is 0 Å². The smallest absolute Gasteiger partial charge is 0.339 e. The van der Waals surface area contributed by atoms with Crippen LogP contribution in [0.2, 0.25) is 0 Å². The van der Waals surface area contributed by atoms with E-state index in [0.29, 0.717) is 12.5 Å². The van der Waals surface area contributed by atoms with Gasteiger partial charge in [-0.25, -0.2) is 4.79 Å². The van der Waals surface area contributed by atoms with Crippen LogP contribution in [-0.2, 0) is 14.3 Å². The molecule has 0 bridgehead atoms. The minimum Gasteiger partial charge on any atom is -0.467 e. The summed E-state index contributed by atoms with van der Waals surface area (Å²) in [6, 6.07) is 9.47. The van der Waals surface area contributed by atoms with Crippen LogP contribution in [0, 0.1) is 5.92 Å². The maximum atomic E-state index is 11.6. The molecule has 0 aliphatic heterocycles. The third-order valence-corrected chi connectivity index (χ3v) is 2.71. The van der Waals surface area contributed by atoms with E-state index in [2.05, 4.69) is 0 Å². The van der Waals surface area contributed by atoms with Gasteiger partial charge in [0.05, 0.1) is 13.7 Å². The van der Waals surface area contributed by atoms with Gasteiger partial charge in [0.15, 0.2) is 6.10 Å². The van der Waals surface area contributed by atoms with E-state index in [-0.39, 0.29) is 5.97 Å². The zero-order valence-electron chi connectivity index (χ0n) is 9.39. The van der Waals surface area contributed by atoms with Crippen LogP contribution in [0.15, 0.2) is 30.3 Å². The molecule has 3 heteroatoms. The molecule has 0 radical (unpaired) electrons. The Labute approximate surface area is 95.4 Å². The Bertz CT molecular complexity index is 343. The van der Waals surface area contributed by atoms with Crippen molar-refractivity contribution in [3.63, 3.8) is 0 Å². The third-order valence-electron chi connectivity index (χ3n) is 2.71. The number of carbonyl (C=O) groups is 1. The Morgan fingerprint density at radius 3 is 2.62 bits per heavy atom. The maximum Gasteiger partial charge on any atom is 0.339 e.